The van der Waals surface area contributed by atoms with E-state index in [1.54, 1.807) is 22.7 Å². The fourth-order valence-electron chi connectivity index (χ4n) is 2.44. The smallest absolute Gasteiger partial charge is 0.105 e. The van der Waals surface area contributed by atoms with Crippen LogP contribution in [0.2, 0.25) is 0 Å². The van der Waals surface area contributed by atoms with Gasteiger partial charge in [0.1, 0.15) is 11.0 Å². The minimum atomic E-state index is 0.845. The van der Waals surface area contributed by atoms with Gasteiger partial charge in [0.25, 0.3) is 0 Å². The molecule has 4 aromatic rings. The third-order valence-corrected chi connectivity index (χ3v) is 6.63. The summed E-state index contributed by atoms with van der Waals surface area (Å²) < 4.78 is 1.87. The van der Waals surface area contributed by atoms with Crippen LogP contribution >= 0.6 is 54.5 Å². The fraction of sp³-hybridized carbons (Fsp3) is 0. The first kappa shape index (κ1) is 17.8. The second kappa shape index (κ2) is 7.96. The predicted octanol–water partition coefficient (Wildman–Crippen LogP) is 7.62. The van der Waals surface area contributed by atoms with Gasteiger partial charge in [-0.1, -0.05) is 12.1 Å². The molecule has 0 aliphatic carbocycles. The van der Waals surface area contributed by atoms with Gasteiger partial charge in [0.2, 0.25) is 0 Å². The molecule has 3 heterocycles. The third-order valence-electron chi connectivity index (χ3n) is 3.68. The standard InChI is InChI=1S/C20H12Br2N2S2/c21-15-7-8-16(22)20-19(15)23-17(9-5-13-3-1-11-25-13)18(24-20)10-6-14-4-2-12-26-14/h1-12H/b9-5+,10-6+. The van der Waals surface area contributed by atoms with E-state index in [0.29, 0.717) is 0 Å². The monoisotopic (exact) mass is 502 g/mol. The first-order valence-electron chi connectivity index (χ1n) is 7.79. The number of nitrogens with zero attached hydrogens (tertiary/aromatic N) is 2. The zero-order valence-electron chi connectivity index (χ0n) is 13.4. The molecule has 0 aliphatic rings. The fourth-order valence-corrected chi connectivity index (χ4v) is 4.49. The quantitative estimate of drug-likeness (QED) is 0.286. The Balaban J connectivity index is 1.85. The van der Waals surface area contributed by atoms with Gasteiger partial charge in [-0.25, -0.2) is 9.97 Å². The van der Waals surface area contributed by atoms with Gasteiger partial charge in [-0.2, -0.15) is 0 Å². The van der Waals surface area contributed by atoms with Crippen molar-refractivity contribution in [2.24, 2.45) is 0 Å². The van der Waals surface area contributed by atoms with Crippen LogP contribution in [0.5, 0.6) is 0 Å². The molecule has 26 heavy (non-hydrogen) atoms. The van der Waals surface area contributed by atoms with Crippen LogP contribution in [0.3, 0.4) is 0 Å². The molecule has 0 amide bonds. The van der Waals surface area contributed by atoms with E-state index in [2.05, 4.69) is 66.9 Å². The van der Waals surface area contributed by atoms with Crippen molar-refractivity contribution in [2.75, 3.05) is 0 Å². The normalized spacial score (nSPS) is 11.9. The average Bonchev–Trinajstić information content (AvgIpc) is 3.35. The van der Waals surface area contributed by atoms with Crippen molar-refractivity contribution in [3.05, 3.63) is 77.2 Å². The van der Waals surface area contributed by atoms with Crippen LogP contribution in [0.15, 0.2) is 56.1 Å². The zero-order chi connectivity index (χ0) is 17.9. The second-order valence-electron chi connectivity index (χ2n) is 5.42. The summed E-state index contributed by atoms with van der Waals surface area (Å²) in [4.78, 5) is 12.1. The Hall–Kier alpha value is -1.60. The van der Waals surface area contributed by atoms with Gasteiger partial charge in [0.15, 0.2) is 0 Å². The van der Waals surface area contributed by atoms with E-state index in [-0.39, 0.29) is 0 Å². The number of aromatic nitrogens is 2. The SMILES string of the molecule is Brc1ccc(Br)c2nc(/C=C/c3cccs3)c(/C=C/c3cccs3)nc12. The van der Waals surface area contributed by atoms with Crippen LogP contribution < -0.4 is 0 Å². The number of fused-ring (bicyclic) bond motifs is 1. The van der Waals surface area contributed by atoms with E-state index in [9.17, 15) is 0 Å². The zero-order valence-corrected chi connectivity index (χ0v) is 18.2. The molecule has 0 atom stereocenters. The Morgan fingerprint density at radius 2 is 1.12 bits per heavy atom. The van der Waals surface area contributed by atoms with Crippen LogP contribution in [0.4, 0.5) is 0 Å². The molecule has 0 radical (unpaired) electrons. The Morgan fingerprint density at radius 1 is 0.654 bits per heavy atom. The van der Waals surface area contributed by atoms with Crippen molar-refractivity contribution >= 4 is 89.9 Å². The molecule has 0 aliphatic heterocycles. The van der Waals surface area contributed by atoms with E-state index in [4.69, 9.17) is 9.97 Å². The van der Waals surface area contributed by atoms with Crippen molar-refractivity contribution in [2.45, 2.75) is 0 Å². The summed E-state index contributed by atoms with van der Waals surface area (Å²) in [6, 6.07) is 12.2. The molecule has 6 heteroatoms. The Labute approximate surface area is 176 Å². The van der Waals surface area contributed by atoms with Gasteiger partial charge in [-0.15, -0.1) is 22.7 Å². The lowest BCUT2D eigenvalue weighted by molar-refractivity contribution is 1.23. The van der Waals surface area contributed by atoms with Gasteiger partial charge >= 0.3 is 0 Å². The van der Waals surface area contributed by atoms with E-state index >= 15 is 0 Å². The number of benzene rings is 1. The lowest BCUT2D eigenvalue weighted by Gasteiger charge is -2.07. The van der Waals surface area contributed by atoms with E-state index in [1.165, 1.54) is 9.75 Å². The highest BCUT2D eigenvalue weighted by molar-refractivity contribution is 9.11. The maximum atomic E-state index is 4.87. The van der Waals surface area contributed by atoms with E-state index in [0.717, 1.165) is 31.4 Å². The highest BCUT2D eigenvalue weighted by atomic mass is 79.9. The number of rotatable bonds is 4. The van der Waals surface area contributed by atoms with Crippen LogP contribution in [0.1, 0.15) is 21.1 Å². The Bertz CT molecular complexity index is 1010. The van der Waals surface area contributed by atoms with Gasteiger partial charge in [-0.3, -0.25) is 0 Å². The van der Waals surface area contributed by atoms with Crippen molar-refractivity contribution < 1.29 is 0 Å². The van der Waals surface area contributed by atoms with E-state index in [1.807, 2.05) is 36.4 Å². The molecule has 0 unspecified atom stereocenters. The summed E-state index contributed by atoms with van der Waals surface area (Å²) in [5.74, 6) is 0. The topological polar surface area (TPSA) is 25.8 Å². The average molecular weight is 504 g/mol. The molecule has 0 fully saturated rings. The molecule has 1 aromatic carbocycles. The minimum Gasteiger partial charge on any atom is -0.243 e. The van der Waals surface area contributed by atoms with Gasteiger partial charge in [0.05, 0.1) is 11.4 Å². The molecule has 0 saturated carbocycles. The number of halogens is 2. The van der Waals surface area contributed by atoms with Crippen LogP contribution in [0, 0.1) is 0 Å². The van der Waals surface area contributed by atoms with Crippen LogP contribution in [-0.4, -0.2) is 9.97 Å². The van der Waals surface area contributed by atoms with Gasteiger partial charge < -0.3 is 0 Å². The maximum absolute atomic E-state index is 4.87. The van der Waals surface area contributed by atoms with Crippen molar-refractivity contribution in [1.29, 1.82) is 0 Å². The molecule has 2 nitrogen and oxygen atoms in total. The summed E-state index contributed by atoms with van der Waals surface area (Å²) in [6.45, 7) is 0. The molecule has 3 aromatic heterocycles. The molecule has 0 N–H and O–H groups in total. The summed E-state index contributed by atoms with van der Waals surface area (Å²) in [7, 11) is 0. The van der Waals surface area contributed by atoms with Crippen LogP contribution in [-0.2, 0) is 0 Å². The second-order valence-corrected chi connectivity index (χ2v) is 9.09. The highest BCUT2D eigenvalue weighted by Crippen LogP contribution is 2.29. The first-order valence-corrected chi connectivity index (χ1v) is 11.1. The molecular weight excluding hydrogens is 492 g/mol. The summed E-state index contributed by atoms with van der Waals surface area (Å²) >= 11 is 10.6. The predicted molar refractivity (Wildman–Crippen MR) is 121 cm³/mol. The van der Waals surface area contributed by atoms with Crippen LogP contribution in [0.25, 0.3) is 35.3 Å². The van der Waals surface area contributed by atoms with Crippen molar-refractivity contribution in [3.8, 4) is 0 Å². The molecule has 0 spiro atoms. The molecule has 0 saturated heterocycles. The third kappa shape index (κ3) is 3.88. The largest absolute Gasteiger partial charge is 0.243 e. The van der Waals surface area contributed by atoms with Crippen molar-refractivity contribution in [1.82, 2.24) is 9.97 Å². The minimum absolute atomic E-state index is 0.845. The maximum Gasteiger partial charge on any atom is 0.105 e. The number of thiophene rings is 2. The van der Waals surface area contributed by atoms with Gasteiger partial charge in [0, 0.05) is 18.7 Å². The van der Waals surface area contributed by atoms with Gasteiger partial charge in [-0.05, 0) is 91.2 Å². The number of hydrogen-bond acceptors (Lipinski definition) is 4. The first-order chi connectivity index (χ1) is 12.7. The summed E-state index contributed by atoms with van der Waals surface area (Å²) in [5.41, 5.74) is 3.38. The molecular formula is C20H12Br2N2S2. The molecule has 128 valence electrons. The summed E-state index contributed by atoms with van der Waals surface area (Å²) in [5, 5.41) is 4.13. The Morgan fingerprint density at radius 3 is 1.50 bits per heavy atom. The lowest BCUT2D eigenvalue weighted by atomic mass is 10.2. The highest BCUT2D eigenvalue weighted by Gasteiger charge is 2.10. The molecule has 0 bridgehead atoms. The summed E-state index contributed by atoms with van der Waals surface area (Å²) in [6.07, 6.45) is 8.21. The van der Waals surface area contributed by atoms with Crippen molar-refractivity contribution in [3.63, 3.8) is 0 Å². The Kier molecular flexibility index (Phi) is 5.45. The molecule has 4 rings (SSSR count). The lowest BCUT2D eigenvalue weighted by Crippen LogP contribution is -1.95. The van der Waals surface area contributed by atoms with E-state index < -0.39 is 0 Å². The number of hydrogen-bond donors (Lipinski definition) is 0.